The van der Waals surface area contributed by atoms with Gasteiger partial charge in [0.25, 0.3) is 0 Å². The Morgan fingerprint density at radius 2 is 2.08 bits per heavy atom. The van der Waals surface area contributed by atoms with Crippen LogP contribution in [0.5, 0.6) is 0 Å². The summed E-state index contributed by atoms with van der Waals surface area (Å²) in [7, 11) is 0. The Kier molecular flexibility index (Phi) is 5.11. The second kappa shape index (κ2) is 7.27. The number of nitrogens with zero attached hydrogens (tertiary/aromatic N) is 3. The van der Waals surface area contributed by atoms with Crippen LogP contribution in [0, 0.1) is 13.8 Å². The van der Waals surface area contributed by atoms with Crippen molar-refractivity contribution in [3.63, 3.8) is 0 Å². The molecule has 1 amide bonds. The third kappa shape index (κ3) is 3.73. The molecule has 0 saturated heterocycles. The predicted octanol–water partition coefficient (Wildman–Crippen LogP) is 4.21. The molecule has 3 aromatic rings. The van der Waals surface area contributed by atoms with E-state index in [-0.39, 0.29) is 11.2 Å². The maximum Gasteiger partial charge on any atom is 0.237 e. The number of hydrogen-bond acceptors (Lipinski definition) is 6. The average Bonchev–Trinajstić information content (AvgIpc) is 2.97. The molecule has 1 N–H and O–H groups in total. The van der Waals surface area contributed by atoms with E-state index in [1.54, 1.807) is 0 Å². The fourth-order valence-corrected chi connectivity index (χ4v) is 4.38. The van der Waals surface area contributed by atoms with Crippen LogP contribution in [-0.2, 0) is 4.79 Å². The second-order valence-corrected chi connectivity index (χ2v) is 8.05. The first-order valence-corrected chi connectivity index (χ1v) is 9.40. The molecule has 124 valence electrons. The van der Waals surface area contributed by atoms with Crippen molar-refractivity contribution in [2.45, 2.75) is 36.8 Å². The van der Waals surface area contributed by atoms with Crippen LogP contribution < -0.4 is 5.32 Å². The van der Waals surface area contributed by atoms with Crippen LogP contribution in [-0.4, -0.2) is 26.3 Å². The molecule has 1 unspecified atom stereocenters. The first-order valence-electron chi connectivity index (χ1n) is 7.71. The molecule has 0 aliphatic rings. The van der Waals surface area contributed by atoms with Gasteiger partial charge in [-0.15, -0.1) is 10.2 Å². The normalized spacial score (nSPS) is 12.3. The number of rotatable bonds is 5. The van der Waals surface area contributed by atoms with Crippen LogP contribution in [0.1, 0.15) is 24.0 Å². The van der Waals surface area contributed by atoms with Gasteiger partial charge in [0, 0.05) is 11.1 Å². The van der Waals surface area contributed by atoms with Gasteiger partial charge >= 0.3 is 0 Å². The Labute approximate surface area is 148 Å². The summed E-state index contributed by atoms with van der Waals surface area (Å²) >= 11 is 2.97. The van der Waals surface area contributed by atoms with Crippen LogP contribution in [0.3, 0.4) is 0 Å². The molecule has 0 spiro atoms. The second-order valence-electron chi connectivity index (χ2n) is 5.42. The number of thioether (sulfide) groups is 1. The number of pyridine rings is 1. The van der Waals surface area contributed by atoms with E-state index in [2.05, 4.69) is 20.5 Å². The van der Waals surface area contributed by atoms with E-state index in [1.807, 2.05) is 51.1 Å². The minimum absolute atomic E-state index is 0.0221. The molecule has 0 saturated carbocycles. The highest BCUT2D eigenvalue weighted by molar-refractivity contribution is 8.02. The SMILES string of the molecule is CCC(Sc1nnc(C)s1)C(=O)Nc1cc(C)nc2ccccc12. The number of benzene rings is 1. The number of nitrogens with one attached hydrogen (secondary N) is 1. The van der Waals surface area contributed by atoms with Crippen LogP contribution in [0.15, 0.2) is 34.7 Å². The number of hydrogen-bond donors (Lipinski definition) is 1. The Bertz CT molecular complexity index is 878. The molecular formula is C17H18N4OS2. The highest BCUT2D eigenvalue weighted by atomic mass is 32.2. The number of fused-ring (bicyclic) bond motifs is 1. The van der Waals surface area contributed by atoms with Gasteiger partial charge in [-0.2, -0.15) is 0 Å². The van der Waals surface area contributed by atoms with E-state index >= 15 is 0 Å². The number of amides is 1. The Balaban J connectivity index is 1.83. The van der Waals surface area contributed by atoms with E-state index in [0.29, 0.717) is 0 Å². The topological polar surface area (TPSA) is 67.8 Å². The number of aryl methyl sites for hydroxylation is 2. The Hall–Kier alpha value is -1.99. The van der Waals surface area contributed by atoms with Crippen molar-refractivity contribution in [3.05, 3.63) is 41.0 Å². The van der Waals surface area contributed by atoms with Gasteiger partial charge in [-0.05, 0) is 32.4 Å². The van der Waals surface area contributed by atoms with Crippen LogP contribution in [0.25, 0.3) is 10.9 Å². The van der Waals surface area contributed by atoms with Gasteiger partial charge in [0.15, 0.2) is 4.34 Å². The number of para-hydroxylation sites is 1. The smallest absolute Gasteiger partial charge is 0.237 e. The highest BCUT2D eigenvalue weighted by Crippen LogP contribution is 2.30. The minimum atomic E-state index is -0.204. The van der Waals surface area contributed by atoms with Gasteiger partial charge in [-0.1, -0.05) is 48.2 Å². The molecule has 0 aliphatic carbocycles. The quantitative estimate of drug-likeness (QED) is 0.692. The van der Waals surface area contributed by atoms with E-state index < -0.39 is 0 Å². The van der Waals surface area contributed by atoms with Crippen LogP contribution in [0.4, 0.5) is 5.69 Å². The van der Waals surface area contributed by atoms with Crippen molar-refractivity contribution >= 4 is 45.6 Å². The van der Waals surface area contributed by atoms with Gasteiger partial charge < -0.3 is 5.32 Å². The molecule has 5 nitrogen and oxygen atoms in total. The summed E-state index contributed by atoms with van der Waals surface area (Å²) in [4.78, 5) is 17.2. The van der Waals surface area contributed by atoms with Crippen molar-refractivity contribution in [1.82, 2.24) is 15.2 Å². The standard InChI is InChI=1S/C17H18N4OS2/c1-4-15(24-17-21-20-11(3)23-17)16(22)19-14-9-10(2)18-13-8-6-5-7-12(13)14/h5-9,15H,4H2,1-3H3,(H,18,19,22). The summed E-state index contributed by atoms with van der Waals surface area (Å²) in [5.74, 6) is -0.0221. The van der Waals surface area contributed by atoms with Gasteiger partial charge in [-0.3, -0.25) is 9.78 Å². The number of anilines is 1. The van der Waals surface area contributed by atoms with Gasteiger partial charge in [0.2, 0.25) is 5.91 Å². The van der Waals surface area contributed by atoms with E-state index in [1.165, 1.54) is 23.1 Å². The van der Waals surface area contributed by atoms with Crippen molar-refractivity contribution in [1.29, 1.82) is 0 Å². The first-order chi connectivity index (χ1) is 11.6. The maximum atomic E-state index is 12.7. The van der Waals surface area contributed by atoms with Crippen molar-refractivity contribution in [2.75, 3.05) is 5.32 Å². The molecule has 0 bridgehead atoms. The molecule has 0 fully saturated rings. The van der Waals surface area contributed by atoms with Crippen LogP contribution >= 0.6 is 23.1 Å². The lowest BCUT2D eigenvalue weighted by Crippen LogP contribution is -2.24. The summed E-state index contributed by atoms with van der Waals surface area (Å²) < 4.78 is 0.824. The molecule has 1 atom stereocenters. The summed E-state index contributed by atoms with van der Waals surface area (Å²) in [6, 6.07) is 9.73. The molecule has 2 heterocycles. The third-order valence-electron chi connectivity index (χ3n) is 3.52. The zero-order valence-electron chi connectivity index (χ0n) is 13.7. The van der Waals surface area contributed by atoms with Crippen molar-refractivity contribution in [3.8, 4) is 0 Å². The first kappa shape index (κ1) is 16.9. The maximum absolute atomic E-state index is 12.7. The fraction of sp³-hybridized carbons (Fsp3) is 0.294. The summed E-state index contributed by atoms with van der Waals surface area (Å²) in [5, 5.41) is 12.8. The fourth-order valence-electron chi connectivity index (χ4n) is 2.39. The zero-order chi connectivity index (χ0) is 17.1. The lowest BCUT2D eigenvalue weighted by molar-refractivity contribution is -0.115. The van der Waals surface area contributed by atoms with Gasteiger partial charge in [0.05, 0.1) is 16.5 Å². The summed E-state index contributed by atoms with van der Waals surface area (Å²) in [6.45, 7) is 5.84. The highest BCUT2D eigenvalue weighted by Gasteiger charge is 2.21. The number of carbonyl (C=O) groups is 1. The molecule has 2 aromatic heterocycles. The molecule has 7 heteroatoms. The molecule has 24 heavy (non-hydrogen) atoms. The van der Waals surface area contributed by atoms with Crippen LogP contribution in [0.2, 0.25) is 0 Å². The van der Waals surface area contributed by atoms with Crippen molar-refractivity contribution in [2.24, 2.45) is 0 Å². The summed E-state index contributed by atoms with van der Waals surface area (Å²) in [5.41, 5.74) is 2.56. The Morgan fingerprint density at radius 3 is 2.79 bits per heavy atom. The Morgan fingerprint density at radius 1 is 1.29 bits per heavy atom. The average molecular weight is 358 g/mol. The van der Waals surface area contributed by atoms with Gasteiger partial charge in [0.1, 0.15) is 5.01 Å². The number of aromatic nitrogens is 3. The van der Waals surface area contributed by atoms with E-state index in [4.69, 9.17) is 0 Å². The zero-order valence-corrected chi connectivity index (χ0v) is 15.4. The van der Waals surface area contributed by atoms with E-state index in [0.717, 1.165) is 38.1 Å². The largest absolute Gasteiger partial charge is 0.324 e. The molecule has 1 aromatic carbocycles. The lowest BCUT2D eigenvalue weighted by atomic mass is 10.1. The minimum Gasteiger partial charge on any atom is -0.324 e. The predicted molar refractivity (Wildman–Crippen MR) is 99.7 cm³/mol. The lowest BCUT2D eigenvalue weighted by Gasteiger charge is -2.15. The van der Waals surface area contributed by atoms with E-state index in [9.17, 15) is 4.79 Å². The van der Waals surface area contributed by atoms with Crippen molar-refractivity contribution < 1.29 is 4.79 Å². The van der Waals surface area contributed by atoms with Gasteiger partial charge in [-0.25, -0.2) is 0 Å². The molecule has 0 aliphatic heterocycles. The molecule has 3 rings (SSSR count). The molecule has 0 radical (unpaired) electrons. The molecular weight excluding hydrogens is 340 g/mol. The number of carbonyl (C=O) groups excluding carboxylic acids is 1. The third-order valence-corrected chi connectivity index (χ3v) is 5.80. The monoisotopic (exact) mass is 358 g/mol. The summed E-state index contributed by atoms with van der Waals surface area (Å²) in [6.07, 6.45) is 0.719.